The first-order valence-electron chi connectivity index (χ1n) is 9.39. The van der Waals surface area contributed by atoms with Crippen LogP contribution in [0.15, 0.2) is 59.6 Å². The summed E-state index contributed by atoms with van der Waals surface area (Å²) in [4.78, 5) is 18.7. The molecule has 5 heteroatoms. The SMILES string of the molecule is CCC(C)NC(=O)c1cccc(CNC(=NC)N(C)Cc2ccccc2)c1. The standard InChI is InChI=1S/C22H30N4O/c1-5-17(2)25-21(27)20-13-9-12-19(14-20)15-24-22(23-3)26(4)16-18-10-7-6-8-11-18/h6-14,17H,5,15-16H2,1-4H3,(H,23,24)(H,25,27). The third kappa shape index (κ3) is 6.44. The molecule has 144 valence electrons. The van der Waals surface area contributed by atoms with E-state index in [0.717, 1.165) is 24.5 Å². The second-order valence-corrected chi connectivity index (χ2v) is 6.73. The van der Waals surface area contributed by atoms with E-state index in [9.17, 15) is 4.79 Å². The monoisotopic (exact) mass is 366 g/mol. The summed E-state index contributed by atoms with van der Waals surface area (Å²) in [5, 5.41) is 6.37. The van der Waals surface area contributed by atoms with Gasteiger partial charge in [-0.1, -0.05) is 49.4 Å². The molecule has 0 radical (unpaired) electrons. The maximum Gasteiger partial charge on any atom is 0.251 e. The summed E-state index contributed by atoms with van der Waals surface area (Å²) < 4.78 is 0. The largest absolute Gasteiger partial charge is 0.352 e. The van der Waals surface area contributed by atoms with Crippen molar-refractivity contribution in [2.45, 2.75) is 39.4 Å². The maximum atomic E-state index is 12.3. The van der Waals surface area contributed by atoms with Crippen LogP contribution in [-0.2, 0) is 13.1 Å². The third-order valence-electron chi connectivity index (χ3n) is 4.47. The summed E-state index contributed by atoms with van der Waals surface area (Å²) in [6.45, 7) is 5.45. The van der Waals surface area contributed by atoms with Crippen molar-refractivity contribution in [3.8, 4) is 0 Å². The summed E-state index contributed by atoms with van der Waals surface area (Å²) in [5.74, 6) is 0.782. The van der Waals surface area contributed by atoms with Gasteiger partial charge in [0.2, 0.25) is 0 Å². The van der Waals surface area contributed by atoms with E-state index in [2.05, 4.69) is 39.6 Å². The zero-order chi connectivity index (χ0) is 19.6. The third-order valence-corrected chi connectivity index (χ3v) is 4.47. The van der Waals surface area contributed by atoms with Crippen molar-refractivity contribution in [2.24, 2.45) is 4.99 Å². The molecule has 0 fully saturated rings. The van der Waals surface area contributed by atoms with E-state index in [1.807, 2.05) is 56.4 Å². The summed E-state index contributed by atoms with van der Waals surface area (Å²) in [6, 6.07) is 18.2. The van der Waals surface area contributed by atoms with Crippen molar-refractivity contribution in [1.82, 2.24) is 15.5 Å². The average Bonchev–Trinajstić information content (AvgIpc) is 2.69. The van der Waals surface area contributed by atoms with Crippen molar-refractivity contribution in [2.75, 3.05) is 14.1 Å². The fourth-order valence-electron chi connectivity index (χ4n) is 2.73. The minimum absolute atomic E-state index is 0.0308. The zero-order valence-corrected chi connectivity index (χ0v) is 16.7. The maximum absolute atomic E-state index is 12.3. The van der Waals surface area contributed by atoms with Gasteiger partial charge in [-0.3, -0.25) is 9.79 Å². The quantitative estimate of drug-likeness (QED) is 0.583. The number of benzene rings is 2. The molecule has 1 amide bonds. The van der Waals surface area contributed by atoms with Crippen molar-refractivity contribution in [1.29, 1.82) is 0 Å². The molecule has 0 bridgehead atoms. The molecule has 2 rings (SSSR count). The predicted octanol–water partition coefficient (Wildman–Crippen LogP) is 3.42. The van der Waals surface area contributed by atoms with Crippen LogP contribution in [0, 0.1) is 0 Å². The molecule has 2 aromatic carbocycles. The lowest BCUT2D eigenvalue weighted by Gasteiger charge is -2.22. The second kappa shape index (κ2) is 10.4. The number of guanidine groups is 1. The summed E-state index contributed by atoms with van der Waals surface area (Å²) >= 11 is 0. The van der Waals surface area contributed by atoms with Gasteiger partial charge in [-0.05, 0) is 36.6 Å². The topological polar surface area (TPSA) is 56.7 Å². The lowest BCUT2D eigenvalue weighted by Crippen LogP contribution is -2.38. The molecule has 2 aromatic rings. The number of rotatable bonds is 7. The molecule has 0 heterocycles. The highest BCUT2D eigenvalue weighted by Crippen LogP contribution is 2.07. The number of aliphatic imine (C=N–C) groups is 1. The molecule has 0 aliphatic carbocycles. The van der Waals surface area contributed by atoms with Crippen molar-refractivity contribution in [3.05, 3.63) is 71.3 Å². The van der Waals surface area contributed by atoms with Crippen LogP contribution in [0.2, 0.25) is 0 Å². The Kier molecular flexibility index (Phi) is 7.86. The minimum Gasteiger partial charge on any atom is -0.352 e. The fraction of sp³-hybridized carbons (Fsp3) is 0.364. The molecule has 5 nitrogen and oxygen atoms in total. The molecular formula is C22H30N4O. The van der Waals surface area contributed by atoms with E-state index in [4.69, 9.17) is 0 Å². The summed E-state index contributed by atoms with van der Waals surface area (Å²) in [5.41, 5.74) is 2.95. The zero-order valence-electron chi connectivity index (χ0n) is 16.7. The number of hydrogen-bond acceptors (Lipinski definition) is 2. The first-order valence-corrected chi connectivity index (χ1v) is 9.39. The summed E-state index contributed by atoms with van der Waals surface area (Å²) in [7, 11) is 3.79. The van der Waals surface area contributed by atoms with Gasteiger partial charge in [-0.15, -0.1) is 0 Å². The van der Waals surface area contributed by atoms with Gasteiger partial charge in [-0.2, -0.15) is 0 Å². The number of hydrogen-bond donors (Lipinski definition) is 2. The lowest BCUT2D eigenvalue weighted by atomic mass is 10.1. The van der Waals surface area contributed by atoms with Crippen molar-refractivity contribution < 1.29 is 4.79 Å². The van der Waals surface area contributed by atoms with E-state index in [-0.39, 0.29) is 11.9 Å². The van der Waals surface area contributed by atoms with E-state index < -0.39 is 0 Å². The Morgan fingerprint density at radius 3 is 2.48 bits per heavy atom. The highest BCUT2D eigenvalue weighted by Gasteiger charge is 2.10. The van der Waals surface area contributed by atoms with E-state index >= 15 is 0 Å². The van der Waals surface area contributed by atoms with E-state index in [1.54, 1.807) is 7.05 Å². The van der Waals surface area contributed by atoms with Crippen LogP contribution < -0.4 is 10.6 Å². The van der Waals surface area contributed by atoms with Crippen LogP contribution >= 0.6 is 0 Å². The average molecular weight is 367 g/mol. The van der Waals surface area contributed by atoms with Crippen LogP contribution in [0.1, 0.15) is 41.8 Å². The van der Waals surface area contributed by atoms with Gasteiger partial charge in [0.1, 0.15) is 0 Å². The van der Waals surface area contributed by atoms with Crippen molar-refractivity contribution in [3.63, 3.8) is 0 Å². The molecule has 1 atom stereocenters. The van der Waals surface area contributed by atoms with Gasteiger partial charge in [0.25, 0.3) is 5.91 Å². The Labute approximate surface area is 162 Å². The number of nitrogens with one attached hydrogen (secondary N) is 2. The molecule has 2 N–H and O–H groups in total. The highest BCUT2D eigenvalue weighted by molar-refractivity contribution is 5.94. The smallest absolute Gasteiger partial charge is 0.251 e. The molecule has 0 aliphatic heterocycles. The highest BCUT2D eigenvalue weighted by atomic mass is 16.1. The molecule has 0 aliphatic rings. The molecule has 0 spiro atoms. The number of amides is 1. The molecule has 27 heavy (non-hydrogen) atoms. The van der Waals surface area contributed by atoms with E-state index in [0.29, 0.717) is 12.1 Å². The van der Waals surface area contributed by atoms with Crippen LogP contribution in [0.5, 0.6) is 0 Å². The Morgan fingerprint density at radius 2 is 1.81 bits per heavy atom. The van der Waals surface area contributed by atoms with Gasteiger partial charge >= 0.3 is 0 Å². The first kappa shape index (κ1) is 20.5. The van der Waals surface area contributed by atoms with E-state index in [1.165, 1.54) is 5.56 Å². The normalized spacial score (nSPS) is 12.4. The van der Waals surface area contributed by atoms with Crippen LogP contribution in [0.25, 0.3) is 0 Å². The van der Waals surface area contributed by atoms with Crippen LogP contribution in [0.3, 0.4) is 0 Å². The fourth-order valence-corrected chi connectivity index (χ4v) is 2.73. The van der Waals surface area contributed by atoms with Crippen LogP contribution in [-0.4, -0.2) is 36.9 Å². The van der Waals surface area contributed by atoms with Gasteiger partial charge in [0.05, 0.1) is 0 Å². The molecular weight excluding hydrogens is 336 g/mol. The predicted molar refractivity (Wildman–Crippen MR) is 112 cm³/mol. The van der Waals surface area contributed by atoms with Gasteiger partial charge < -0.3 is 15.5 Å². The Hall–Kier alpha value is -2.82. The van der Waals surface area contributed by atoms with Gasteiger partial charge in [0, 0.05) is 38.8 Å². The lowest BCUT2D eigenvalue weighted by molar-refractivity contribution is 0.0939. The number of nitrogens with zero attached hydrogens (tertiary/aromatic N) is 2. The molecule has 0 saturated heterocycles. The minimum atomic E-state index is -0.0308. The molecule has 1 unspecified atom stereocenters. The van der Waals surface area contributed by atoms with Gasteiger partial charge in [-0.25, -0.2) is 0 Å². The Balaban J connectivity index is 1.96. The second-order valence-electron chi connectivity index (χ2n) is 6.73. The molecule has 0 aromatic heterocycles. The number of carbonyl (C=O) groups excluding carboxylic acids is 1. The van der Waals surface area contributed by atoms with Gasteiger partial charge in [0.15, 0.2) is 5.96 Å². The Bertz CT molecular complexity index is 758. The molecule has 0 saturated carbocycles. The van der Waals surface area contributed by atoms with Crippen molar-refractivity contribution >= 4 is 11.9 Å². The first-order chi connectivity index (χ1) is 13.0. The Morgan fingerprint density at radius 1 is 1.11 bits per heavy atom. The summed E-state index contributed by atoms with van der Waals surface area (Å²) in [6.07, 6.45) is 0.914. The number of carbonyl (C=O) groups is 1. The van der Waals surface area contributed by atoms with Crippen LogP contribution in [0.4, 0.5) is 0 Å².